The summed E-state index contributed by atoms with van der Waals surface area (Å²) in [5, 5.41) is 5.82. The fourth-order valence-corrected chi connectivity index (χ4v) is 3.47. The molecule has 0 aliphatic carbocycles. The number of fused-ring (bicyclic) bond motifs is 1. The number of carbonyl (C=O) groups excluding carboxylic acids is 3. The van der Waals surface area contributed by atoms with Crippen molar-refractivity contribution in [2.24, 2.45) is 5.92 Å². The Bertz CT molecular complexity index is 743. The molecule has 2 aliphatic heterocycles. The molecule has 0 radical (unpaired) electrons. The Kier molecular flexibility index (Phi) is 6.64. The van der Waals surface area contributed by atoms with Crippen LogP contribution in [0.3, 0.4) is 0 Å². The van der Waals surface area contributed by atoms with Crippen molar-refractivity contribution in [2.45, 2.75) is 25.9 Å². The van der Waals surface area contributed by atoms with Crippen LogP contribution in [-0.2, 0) is 14.3 Å². The minimum Gasteiger partial charge on any atom is -0.479 e. The summed E-state index contributed by atoms with van der Waals surface area (Å²) in [6.45, 7) is 4.31. The summed E-state index contributed by atoms with van der Waals surface area (Å²) in [7, 11) is 1.62. The Balaban J connectivity index is 1.53. The van der Waals surface area contributed by atoms with E-state index in [1.807, 2.05) is 0 Å². The number of methoxy groups -OCH3 is 1. The molecule has 0 bridgehead atoms. The molecule has 1 unspecified atom stereocenters. The van der Waals surface area contributed by atoms with Crippen LogP contribution in [0.1, 0.15) is 30.1 Å². The molecule has 8 heteroatoms. The Morgan fingerprint density at radius 2 is 2.07 bits per heavy atom. The first kappa shape index (κ1) is 20.3. The van der Waals surface area contributed by atoms with Gasteiger partial charge >= 0.3 is 0 Å². The monoisotopic (exact) mass is 389 g/mol. The van der Waals surface area contributed by atoms with Gasteiger partial charge in [-0.25, -0.2) is 0 Å². The number of nitrogens with zero attached hydrogens (tertiary/aromatic N) is 1. The Morgan fingerprint density at radius 3 is 2.79 bits per heavy atom. The summed E-state index contributed by atoms with van der Waals surface area (Å²) >= 11 is 0. The molecular weight excluding hydrogens is 362 g/mol. The van der Waals surface area contributed by atoms with E-state index in [1.54, 1.807) is 37.1 Å². The third-order valence-electron chi connectivity index (χ3n) is 5.17. The second kappa shape index (κ2) is 9.16. The largest absolute Gasteiger partial charge is 0.479 e. The topological polar surface area (TPSA) is 97.0 Å². The van der Waals surface area contributed by atoms with Gasteiger partial charge in [0.25, 0.3) is 5.91 Å². The summed E-state index contributed by atoms with van der Waals surface area (Å²) in [4.78, 5) is 38.7. The number of ketones is 1. The summed E-state index contributed by atoms with van der Waals surface area (Å²) in [6.07, 6.45) is 0.735. The molecule has 0 spiro atoms. The number of hydrogen-bond donors (Lipinski definition) is 2. The first-order valence-corrected chi connectivity index (χ1v) is 9.63. The maximum Gasteiger partial charge on any atom is 0.265 e. The highest BCUT2D eigenvalue weighted by atomic mass is 16.5. The van der Waals surface area contributed by atoms with E-state index in [0.717, 1.165) is 0 Å². The molecule has 1 aromatic rings. The van der Waals surface area contributed by atoms with Gasteiger partial charge in [-0.15, -0.1) is 0 Å². The maximum atomic E-state index is 12.9. The lowest BCUT2D eigenvalue weighted by Crippen LogP contribution is -2.44. The van der Waals surface area contributed by atoms with E-state index in [4.69, 9.17) is 9.47 Å². The first-order valence-electron chi connectivity index (χ1n) is 9.63. The number of anilines is 1. The Labute approximate surface area is 164 Å². The number of carbonyl (C=O) groups is 3. The van der Waals surface area contributed by atoms with Crippen LogP contribution >= 0.6 is 0 Å². The van der Waals surface area contributed by atoms with Crippen molar-refractivity contribution < 1.29 is 23.9 Å². The van der Waals surface area contributed by atoms with Gasteiger partial charge in [-0.05, 0) is 38.0 Å². The molecule has 1 aromatic carbocycles. The van der Waals surface area contributed by atoms with Crippen LogP contribution in [0.2, 0.25) is 0 Å². The average molecular weight is 389 g/mol. The number of piperidine rings is 1. The van der Waals surface area contributed by atoms with Gasteiger partial charge in [0, 0.05) is 38.2 Å². The highest BCUT2D eigenvalue weighted by Gasteiger charge is 2.29. The van der Waals surface area contributed by atoms with Crippen LogP contribution in [0.4, 0.5) is 5.69 Å². The molecule has 3 rings (SSSR count). The normalized spacial score (nSPS) is 19.6. The average Bonchev–Trinajstić information content (AvgIpc) is 2.71. The molecule has 0 aromatic heterocycles. The van der Waals surface area contributed by atoms with Gasteiger partial charge < -0.3 is 25.0 Å². The van der Waals surface area contributed by atoms with Crippen molar-refractivity contribution in [3.63, 3.8) is 0 Å². The molecule has 2 N–H and O–H groups in total. The van der Waals surface area contributed by atoms with E-state index in [1.165, 1.54) is 0 Å². The van der Waals surface area contributed by atoms with Gasteiger partial charge in [0.15, 0.2) is 11.9 Å². The van der Waals surface area contributed by atoms with Crippen molar-refractivity contribution in [3.8, 4) is 5.75 Å². The number of hydrogen-bond acceptors (Lipinski definition) is 6. The molecule has 2 heterocycles. The third kappa shape index (κ3) is 4.69. The number of ether oxygens (including phenoxy) is 2. The minimum absolute atomic E-state index is 0.0426. The standard InChI is InChI=1S/C20H27N3O5/c1-13-20(26)22-16-11-15(3-4-17(16)28-13)19(25)14-5-8-23(9-6-14)18(24)12-21-7-10-27-2/h3-4,11,13-14,21H,5-10,12H2,1-2H3,(H,22,26). The van der Waals surface area contributed by atoms with Gasteiger partial charge in [-0.2, -0.15) is 0 Å². The lowest BCUT2D eigenvalue weighted by molar-refractivity contribution is -0.131. The number of rotatable bonds is 7. The summed E-state index contributed by atoms with van der Waals surface area (Å²) < 4.78 is 10.5. The SMILES string of the molecule is COCCNCC(=O)N1CCC(C(=O)c2ccc3c(c2)NC(=O)C(C)O3)CC1. The third-order valence-corrected chi connectivity index (χ3v) is 5.17. The zero-order valence-corrected chi connectivity index (χ0v) is 16.3. The summed E-state index contributed by atoms with van der Waals surface area (Å²) in [5.41, 5.74) is 1.09. The highest BCUT2D eigenvalue weighted by molar-refractivity contribution is 6.02. The highest BCUT2D eigenvalue weighted by Crippen LogP contribution is 2.32. The number of amides is 2. The Morgan fingerprint density at radius 1 is 1.32 bits per heavy atom. The lowest BCUT2D eigenvalue weighted by Gasteiger charge is -2.31. The van der Waals surface area contributed by atoms with Crippen LogP contribution in [-0.4, -0.2) is 68.5 Å². The van der Waals surface area contributed by atoms with E-state index in [0.29, 0.717) is 56.1 Å². The Hall–Kier alpha value is -2.45. The van der Waals surface area contributed by atoms with E-state index in [2.05, 4.69) is 10.6 Å². The van der Waals surface area contributed by atoms with Gasteiger partial charge in [0.05, 0.1) is 18.8 Å². The molecular formula is C20H27N3O5. The van der Waals surface area contributed by atoms with Gasteiger partial charge in [-0.3, -0.25) is 14.4 Å². The fraction of sp³-hybridized carbons (Fsp3) is 0.550. The summed E-state index contributed by atoms with van der Waals surface area (Å²) in [5.74, 6) is 0.321. The van der Waals surface area contributed by atoms with E-state index in [-0.39, 0.29) is 30.1 Å². The fourth-order valence-electron chi connectivity index (χ4n) is 3.47. The molecule has 2 aliphatic rings. The van der Waals surface area contributed by atoms with E-state index >= 15 is 0 Å². The van der Waals surface area contributed by atoms with Crippen molar-refractivity contribution in [2.75, 3.05) is 45.2 Å². The van der Waals surface area contributed by atoms with Crippen LogP contribution in [0.25, 0.3) is 0 Å². The quantitative estimate of drug-likeness (QED) is 0.535. The molecule has 152 valence electrons. The zero-order valence-electron chi connectivity index (χ0n) is 16.3. The number of nitrogens with one attached hydrogen (secondary N) is 2. The van der Waals surface area contributed by atoms with Crippen molar-refractivity contribution in [1.29, 1.82) is 0 Å². The van der Waals surface area contributed by atoms with Crippen LogP contribution < -0.4 is 15.4 Å². The maximum absolute atomic E-state index is 12.9. The number of likely N-dealkylation sites (tertiary alicyclic amines) is 1. The molecule has 0 saturated carbocycles. The molecule has 1 saturated heterocycles. The molecule has 28 heavy (non-hydrogen) atoms. The van der Waals surface area contributed by atoms with Gasteiger partial charge in [-0.1, -0.05) is 0 Å². The van der Waals surface area contributed by atoms with Crippen molar-refractivity contribution in [1.82, 2.24) is 10.2 Å². The lowest BCUT2D eigenvalue weighted by atomic mass is 9.88. The van der Waals surface area contributed by atoms with Crippen LogP contribution in [0.15, 0.2) is 18.2 Å². The second-order valence-corrected chi connectivity index (χ2v) is 7.15. The van der Waals surface area contributed by atoms with Crippen molar-refractivity contribution in [3.05, 3.63) is 23.8 Å². The molecule has 1 fully saturated rings. The van der Waals surface area contributed by atoms with E-state index < -0.39 is 6.10 Å². The predicted molar refractivity (Wildman–Crippen MR) is 104 cm³/mol. The summed E-state index contributed by atoms with van der Waals surface area (Å²) in [6, 6.07) is 5.14. The number of benzene rings is 1. The first-order chi connectivity index (χ1) is 13.5. The molecule has 1 atom stereocenters. The zero-order chi connectivity index (χ0) is 20.1. The number of Topliss-reactive ketones (excluding diaryl/α,β-unsaturated/α-hetero) is 1. The van der Waals surface area contributed by atoms with Gasteiger partial charge in [0.1, 0.15) is 5.75 Å². The predicted octanol–water partition coefficient (Wildman–Crippen LogP) is 1.06. The van der Waals surface area contributed by atoms with Crippen LogP contribution in [0.5, 0.6) is 5.75 Å². The molecule has 8 nitrogen and oxygen atoms in total. The smallest absolute Gasteiger partial charge is 0.265 e. The second-order valence-electron chi connectivity index (χ2n) is 7.15. The van der Waals surface area contributed by atoms with Crippen LogP contribution in [0, 0.1) is 5.92 Å². The molecule has 2 amide bonds. The van der Waals surface area contributed by atoms with Crippen molar-refractivity contribution >= 4 is 23.3 Å². The van der Waals surface area contributed by atoms with Gasteiger partial charge in [0.2, 0.25) is 5.91 Å². The van der Waals surface area contributed by atoms with E-state index in [9.17, 15) is 14.4 Å². The minimum atomic E-state index is -0.542.